The van der Waals surface area contributed by atoms with E-state index in [1.807, 2.05) is 36.4 Å². The second kappa shape index (κ2) is 6.08. The largest absolute Gasteiger partial charge is 0.493 e. The maximum absolute atomic E-state index is 12.5. The van der Waals surface area contributed by atoms with Gasteiger partial charge in [0.15, 0.2) is 0 Å². The zero-order chi connectivity index (χ0) is 14.8. The molecule has 21 heavy (non-hydrogen) atoms. The topological polar surface area (TPSA) is 26.3 Å². The van der Waals surface area contributed by atoms with E-state index in [1.54, 1.807) is 6.07 Å². The van der Waals surface area contributed by atoms with Crippen molar-refractivity contribution in [2.24, 2.45) is 5.92 Å². The van der Waals surface area contributed by atoms with Gasteiger partial charge < -0.3 is 4.74 Å². The van der Waals surface area contributed by atoms with Gasteiger partial charge in [0.1, 0.15) is 11.5 Å². The van der Waals surface area contributed by atoms with E-state index in [2.05, 4.69) is 0 Å². The van der Waals surface area contributed by atoms with E-state index in [0.717, 1.165) is 16.9 Å². The van der Waals surface area contributed by atoms with Crippen molar-refractivity contribution in [3.05, 3.63) is 63.6 Å². The van der Waals surface area contributed by atoms with Gasteiger partial charge in [-0.05, 0) is 29.7 Å². The Labute approximate surface area is 133 Å². The zero-order valence-corrected chi connectivity index (χ0v) is 12.8. The summed E-state index contributed by atoms with van der Waals surface area (Å²) >= 11 is 12.1. The van der Waals surface area contributed by atoms with Gasteiger partial charge >= 0.3 is 0 Å². The Bertz CT molecular complexity index is 682. The number of para-hydroxylation sites is 1. The normalized spacial score (nSPS) is 17.0. The lowest BCUT2D eigenvalue weighted by atomic mass is 9.90. The smallest absolute Gasteiger partial charge is 0.144 e. The second-order valence-electron chi connectivity index (χ2n) is 5.18. The third-order valence-electron chi connectivity index (χ3n) is 3.73. The van der Waals surface area contributed by atoms with Gasteiger partial charge in [0.25, 0.3) is 0 Å². The monoisotopic (exact) mass is 320 g/mol. The van der Waals surface area contributed by atoms with Gasteiger partial charge in [-0.15, -0.1) is 0 Å². The molecule has 2 nitrogen and oxygen atoms in total. The summed E-state index contributed by atoms with van der Waals surface area (Å²) in [6.07, 6.45) is 1.00. The van der Waals surface area contributed by atoms with Crippen molar-refractivity contribution in [2.75, 3.05) is 6.61 Å². The van der Waals surface area contributed by atoms with Gasteiger partial charge in [-0.25, -0.2) is 0 Å². The number of carbonyl (C=O) groups excluding carboxylic acids is 1. The van der Waals surface area contributed by atoms with Crippen molar-refractivity contribution in [1.82, 2.24) is 0 Å². The minimum Gasteiger partial charge on any atom is -0.493 e. The minimum absolute atomic E-state index is 0.130. The van der Waals surface area contributed by atoms with Crippen LogP contribution < -0.4 is 4.74 Å². The highest BCUT2D eigenvalue weighted by Gasteiger charge is 2.26. The summed E-state index contributed by atoms with van der Waals surface area (Å²) in [4.78, 5) is 12.5. The quantitative estimate of drug-likeness (QED) is 0.840. The fraction of sp³-hybridized carbons (Fsp3) is 0.235. The molecule has 3 rings (SSSR count). The molecule has 0 fully saturated rings. The van der Waals surface area contributed by atoms with E-state index in [0.29, 0.717) is 23.1 Å². The molecule has 2 aromatic carbocycles. The number of hydrogen-bond donors (Lipinski definition) is 0. The maximum Gasteiger partial charge on any atom is 0.144 e. The van der Waals surface area contributed by atoms with E-state index in [1.165, 1.54) is 0 Å². The predicted molar refractivity (Wildman–Crippen MR) is 84.3 cm³/mol. The summed E-state index contributed by atoms with van der Waals surface area (Å²) in [5, 5.41) is 0.942. The summed E-state index contributed by atoms with van der Waals surface area (Å²) in [5.74, 6) is 0.881. The maximum atomic E-state index is 12.5. The molecule has 4 heteroatoms. The highest BCUT2D eigenvalue weighted by atomic mass is 35.5. The SMILES string of the molecule is O=C(Cc1cccc(Cl)c1Cl)C1COc2ccccc2C1. The van der Waals surface area contributed by atoms with Gasteiger partial charge in [0.2, 0.25) is 0 Å². The fourth-order valence-electron chi connectivity index (χ4n) is 2.55. The highest BCUT2D eigenvalue weighted by molar-refractivity contribution is 6.42. The lowest BCUT2D eigenvalue weighted by molar-refractivity contribution is -0.123. The van der Waals surface area contributed by atoms with Crippen LogP contribution in [0.3, 0.4) is 0 Å². The molecule has 0 amide bonds. The van der Waals surface area contributed by atoms with Gasteiger partial charge in [-0.2, -0.15) is 0 Å². The molecule has 0 radical (unpaired) electrons. The van der Waals surface area contributed by atoms with Crippen LogP contribution in [0, 0.1) is 5.92 Å². The molecule has 0 aliphatic carbocycles. The molecule has 1 atom stereocenters. The molecule has 0 saturated carbocycles. The average Bonchev–Trinajstić information content (AvgIpc) is 2.51. The Kier molecular flexibility index (Phi) is 4.18. The fourth-order valence-corrected chi connectivity index (χ4v) is 2.94. The first-order chi connectivity index (χ1) is 10.1. The molecule has 0 bridgehead atoms. The van der Waals surface area contributed by atoms with Crippen LogP contribution in [0.1, 0.15) is 11.1 Å². The van der Waals surface area contributed by atoms with E-state index in [9.17, 15) is 4.79 Å². The standard InChI is InChI=1S/C17H14Cl2O2/c18-14-6-3-5-12(17(14)19)9-15(20)13-8-11-4-1-2-7-16(11)21-10-13/h1-7,13H,8-10H2. The number of hydrogen-bond acceptors (Lipinski definition) is 2. The van der Waals surface area contributed by atoms with Crippen LogP contribution in [-0.4, -0.2) is 12.4 Å². The Morgan fingerprint density at radius 1 is 1.14 bits per heavy atom. The number of ketones is 1. The number of fused-ring (bicyclic) bond motifs is 1. The number of halogens is 2. The van der Waals surface area contributed by atoms with Gasteiger partial charge in [0.05, 0.1) is 22.6 Å². The first-order valence-corrected chi connectivity index (χ1v) is 7.57. The zero-order valence-electron chi connectivity index (χ0n) is 11.3. The van der Waals surface area contributed by atoms with E-state index < -0.39 is 0 Å². The van der Waals surface area contributed by atoms with E-state index in [-0.39, 0.29) is 18.1 Å². The molecule has 108 valence electrons. The van der Waals surface area contributed by atoms with Crippen molar-refractivity contribution in [3.8, 4) is 5.75 Å². The van der Waals surface area contributed by atoms with Gasteiger partial charge in [-0.3, -0.25) is 4.79 Å². The molecule has 1 aliphatic heterocycles. The van der Waals surface area contributed by atoms with Crippen molar-refractivity contribution in [1.29, 1.82) is 0 Å². The van der Waals surface area contributed by atoms with E-state index >= 15 is 0 Å². The molecular weight excluding hydrogens is 307 g/mol. The summed E-state index contributed by atoms with van der Waals surface area (Å²) in [6.45, 7) is 0.425. The van der Waals surface area contributed by atoms with Crippen LogP contribution in [-0.2, 0) is 17.6 Å². The predicted octanol–water partition coefficient (Wildman–Crippen LogP) is 4.36. The lowest BCUT2D eigenvalue weighted by Gasteiger charge is -2.24. The molecular formula is C17H14Cl2O2. The van der Waals surface area contributed by atoms with Crippen LogP contribution >= 0.6 is 23.2 Å². The number of rotatable bonds is 3. The first-order valence-electron chi connectivity index (χ1n) is 6.81. The summed E-state index contributed by atoms with van der Waals surface area (Å²) in [5.41, 5.74) is 1.85. The molecule has 1 aliphatic rings. The highest BCUT2D eigenvalue weighted by Crippen LogP contribution is 2.30. The molecule has 1 unspecified atom stereocenters. The number of benzene rings is 2. The lowest BCUT2D eigenvalue weighted by Crippen LogP contribution is -2.29. The van der Waals surface area contributed by atoms with Gasteiger partial charge in [-0.1, -0.05) is 53.5 Å². The van der Waals surface area contributed by atoms with Crippen molar-refractivity contribution in [2.45, 2.75) is 12.8 Å². The first kappa shape index (κ1) is 14.4. The minimum atomic E-state index is -0.130. The molecule has 0 aromatic heterocycles. The van der Waals surface area contributed by atoms with Crippen LogP contribution in [0.15, 0.2) is 42.5 Å². The van der Waals surface area contributed by atoms with Crippen molar-refractivity contribution >= 4 is 29.0 Å². The Morgan fingerprint density at radius 3 is 2.81 bits per heavy atom. The number of carbonyl (C=O) groups is 1. The average molecular weight is 321 g/mol. The molecule has 1 heterocycles. The Balaban J connectivity index is 1.74. The molecule has 2 aromatic rings. The second-order valence-corrected chi connectivity index (χ2v) is 5.96. The van der Waals surface area contributed by atoms with E-state index in [4.69, 9.17) is 27.9 Å². The molecule has 0 saturated heterocycles. The number of ether oxygens (including phenoxy) is 1. The molecule has 0 spiro atoms. The Hall–Kier alpha value is -1.51. The van der Waals surface area contributed by atoms with Crippen LogP contribution in [0.5, 0.6) is 5.75 Å². The Morgan fingerprint density at radius 2 is 1.95 bits per heavy atom. The van der Waals surface area contributed by atoms with Crippen LogP contribution in [0.2, 0.25) is 10.0 Å². The van der Waals surface area contributed by atoms with Crippen LogP contribution in [0.25, 0.3) is 0 Å². The van der Waals surface area contributed by atoms with Crippen LogP contribution in [0.4, 0.5) is 0 Å². The van der Waals surface area contributed by atoms with Gasteiger partial charge in [0, 0.05) is 6.42 Å². The summed E-state index contributed by atoms with van der Waals surface area (Å²) in [6, 6.07) is 13.2. The number of Topliss-reactive ketones (excluding diaryl/α,β-unsaturated/α-hetero) is 1. The third kappa shape index (κ3) is 3.07. The van der Waals surface area contributed by atoms with Crippen molar-refractivity contribution < 1.29 is 9.53 Å². The summed E-state index contributed by atoms with van der Waals surface area (Å²) in [7, 11) is 0. The third-order valence-corrected chi connectivity index (χ3v) is 4.59. The van der Waals surface area contributed by atoms with Crippen molar-refractivity contribution in [3.63, 3.8) is 0 Å². The summed E-state index contributed by atoms with van der Waals surface area (Å²) < 4.78 is 5.67. The molecule has 0 N–H and O–H groups in total.